The van der Waals surface area contributed by atoms with Crippen molar-refractivity contribution >= 4 is 0 Å². The molecule has 0 aliphatic heterocycles. The lowest BCUT2D eigenvalue weighted by molar-refractivity contribution is 0.276. The fourth-order valence-corrected chi connectivity index (χ4v) is 1.68. The van der Waals surface area contributed by atoms with Crippen LogP contribution in [-0.2, 0) is 0 Å². The molecule has 0 saturated heterocycles. The van der Waals surface area contributed by atoms with Crippen molar-refractivity contribution in [3.8, 4) is 5.75 Å². The minimum absolute atomic E-state index is 0.00367. The highest BCUT2D eigenvalue weighted by Crippen LogP contribution is 2.19. The Morgan fingerprint density at radius 2 is 1.79 bits per heavy atom. The molecule has 2 rings (SSSR count). The van der Waals surface area contributed by atoms with E-state index in [9.17, 15) is 8.78 Å². The van der Waals surface area contributed by atoms with Crippen LogP contribution in [0, 0.1) is 18.6 Å². The van der Waals surface area contributed by atoms with Gasteiger partial charge in [0.2, 0.25) is 0 Å². The van der Waals surface area contributed by atoms with Gasteiger partial charge >= 0.3 is 0 Å². The van der Waals surface area contributed by atoms with Gasteiger partial charge in [0.05, 0.1) is 6.04 Å². The lowest BCUT2D eigenvalue weighted by atomic mass is 10.1. The topological polar surface area (TPSA) is 35.2 Å². The van der Waals surface area contributed by atoms with Crippen molar-refractivity contribution in [2.75, 3.05) is 6.61 Å². The number of hydrogen-bond donors (Lipinski definition) is 1. The molecule has 0 amide bonds. The highest BCUT2D eigenvalue weighted by Gasteiger charge is 2.09. The molecule has 1 atom stereocenters. The van der Waals surface area contributed by atoms with E-state index in [4.69, 9.17) is 10.5 Å². The lowest BCUT2D eigenvalue weighted by Gasteiger charge is -2.14. The molecular formula is C15H15F2NO. The van der Waals surface area contributed by atoms with Crippen molar-refractivity contribution in [3.05, 3.63) is 65.2 Å². The van der Waals surface area contributed by atoms with E-state index < -0.39 is 11.6 Å². The first-order valence-electron chi connectivity index (χ1n) is 5.96. The second-order valence-electron chi connectivity index (χ2n) is 4.40. The molecule has 4 heteroatoms. The third kappa shape index (κ3) is 3.51. The minimum atomic E-state index is -0.726. The van der Waals surface area contributed by atoms with Gasteiger partial charge in [-0.2, -0.15) is 0 Å². The van der Waals surface area contributed by atoms with Gasteiger partial charge in [-0.3, -0.25) is 0 Å². The molecule has 0 radical (unpaired) electrons. The first kappa shape index (κ1) is 13.5. The Morgan fingerprint density at radius 3 is 2.42 bits per heavy atom. The van der Waals surface area contributed by atoms with Crippen LogP contribution in [-0.4, -0.2) is 6.61 Å². The predicted molar refractivity (Wildman–Crippen MR) is 70.0 cm³/mol. The zero-order valence-electron chi connectivity index (χ0n) is 10.6. The molecule has 0 heterocycles. The Kier molecular flexibility index (Phi) is 4.12. The summed E-state index contributed by atoms with van der Waals surface area (Å²) in [5.74, 6) is -1.35. The Hall–Kier alpha value is -1.94. The number of benzene rings is 2. The van der Waals surface area contributed by atoms with E-state index in [1.807, 2.05) is 31.2 Å². The molecule has 0 saturated carbocycles. The number of nitrogens with two attached hydrogens (primary N) is 1. The molecule has 0 aromatic heterocycles. The summed E-state index contributed by atoms with van der Waals surface area (Å²) in [5, 5.41) is 0. The monoisotopic (exact) mass is 263 g/mol. The van der Waals surface area contributed by atoms with Gasteiger partial charge in [-0.25, -0.2) is 8.78 Å². The van der Waals surface area contributed by atoms with E-state index in [0.717, 1.165) is 23.3 Å². The second-order valence-corrected chi connectivity index (χ2v) is 4.40. The van der Waals surface area contributed by atoms with Crippen LogP contribution in [0.15, 0.2) is 42.5 Å². The van der Waals surface area contributed by atoms with Crippen LogP contribution in [0.25, 0.3) is 0 Å². The summed E-state index contributed by atoms with van der Waals surface area (Å²) >= 11 is 0. The van der Waals surface area contributed by atoms with Crippen LogP contribution in [0.3, 0.4) is 0 Å². The van der Waals surface area contributed by atoms with Gasteiger partial charge < -0.3 is 10.5 Å². The maximum absolute atomic E-state index is 13.4. The zero-order valence-corrected chi connectivity index (χ0v) is 10.6. The average molecular weight is 263 g/mol. The Morgan fingerprint density at radius 1 is 1.11 bits per heavy atom. The van der Waals surface area contributed by atoms with Gasteiger partial charge in [-0.15, -0.1) is 0 Å². The highest BCUT2D eigenvalue weighted by molar-refractivity contribution is 5.26. The van der Waals surface area contributed by atoms with Crippen LogP contribution in [0.5, 0.6) is 5.75 Å². The Balaban J connectivity index is 2.00. The fraction of sp³-hybridized carbons (Fsp3) is 0.200. The van der Waals surface area contributed by atoms with Gasteiger partial charge in [0.25, 0.3) is 0 Å². The molecule has 100 valence electrons. The third-order valence-corrected chi connectivity index (χ3v) is 2.82. The highest BCUT2D eigenvalue weighted by atomic mass is 19.1. The maximum atomic E-state index is 13.4. The number of hydrogen-bond acceptors (Lipinski definition) is 2. The largest absolute Gasteiger partial charge is 0.489 e. The smallest absolute Gasteiger partial charge is 0.167 e. The van der Waals surface area contributed by atoms with Gasteiger partial charge in [-0.05, 0) is 24.6 Å². The summed E-state index contributed by atoms with van der Waals surface area (Å²) in [7, 11) is 0. The number of halogens is 2. The zero-order chi connectivity index (χ0) is 13.8. The molecule has 0 aliphatic rings. The first-order chi connectivity index (χ1) is 9.06. The van der Waals surface area contributed by atoms with E-state index >= 15 is 0 Å². The second kappa shape index (κ2) is 5.80. The molecule has 2 N–H and O–H groups in total. The van der Waals surface area contributed by atoms with Crippen molar-refractivity contribution in [1.82, 2.24) is 0 Å². The van der Waals surface area contributed by atoms with E-state index in [0.29, 0.717) is 0 Å². The molecule has 2 nitrogen and oxygen atoms in total. The molecule has 2 aromatic carbocycles. The Labute approximate surface area is 110 Å². The molecular weight excluding hydrogens is 248 g/mol. The standard InChI is InChI=1S/C15H15F2NO/c1-10-2-4-11(5-3-10)14(18)9-19-15-7-6-12(16)8-13(15)17/h2-8,14H,9,18H2,1H3. The van der Waals surface area contributed by atoms with Crippen LogP contribution in [0.2, 0.25) is 0 Å². The van der Waals surface area contributed by atoms with Crippen LogP contribution >= 0.6 is 0 Å². The van der Waals surface area contributed by atoms with Gasteiger partial charge in [0.15, 0.2) is 11.6 Å². The Bertz CT molecular complexity index is 555. The molecule has 1 unspecified atom stereocenters. The summed E-state index contributed by atoms with van der Waals surface area (Å²) in [6.07, 6.45) is 0. The lowest BCUT2D eigenvalue weighted by Crippen LogP contribution is -2.19. The fourth-order valence-electron chi connectivity index (χ4n) is 1.68. The molecule has 19 heavy (non-hydrogen) atoms. The summed E-state index contributed by atoms with van der Waals surface area (Å²) in [4.78, 5) is 0. The summed E-state index contributed by atoms with van der Waals surface area (Å²) in [5.41, 5.74) is 8.00. The van der Waals surface area contributed by atoms with Gasteiger partial charge in [0.1, 0.15) is 12.4 Å². The van der Waals surface area contributed by atoms with Gasteiger partial charge in [0, 0.05) is 6.07 Å². The van der Waals surface area contributed by atoms with Crippen LogP contribution in [0.1, 0.15) is 17.2 Å². The number of ether oxygens (including phenoxy) is 1. The average Bonchev–Trinajstić information content (AvgIpc) is 2.38. The van der Waals surface area contributed by atoms with Crippen molar-refractivity contribution in [2.24, 2.45) is 5.73 Å². The molecule has 2 aromatic rings. The molecule has 0 bridgehead atoms. The van der Waals surface area contributed by atoms with Crippen molar-refractivity contribution in [1.29, 1.82) is 0 Å². The third-order valence-electron chi connectivity index (χ3n) is 2.82. The van der Waals surface area contributed by atoms with Crippen molar-refractivity contribution in [3.63, 3.8) is 0 Å². The summed E-state index contributed by atoms with van der Waals surface area (Å²) < 4.78 is 31.4. The molecule has 0 spiro atoms. The number of aryl methyl sites for hydroxylation is 1. The molecule has 0 aliphatic carbocycles. The van der Waals surface area contributed by atoms with E-state index in [-0.39, 0.29) is 18.4 Å². The predicted octanol–water partition coefficient (Wildman–Crippen LogP) is 3.35. The van der Waals surface area contributed by atoms with Gasteiger partial charge in [-0.1, -0.05) is 29.8 Å². The SMILES string of the molecule is Cc1ccc(C(N)COc2ccc(F)cc2F)cc1. The normalized spacial score (nSPS) is 12.2. The first-order valence-corrected chi connectivity index (χ1v) is 5.96. The quantitative estimate of drug-likeness (QED) is 0.918. The number of rotatable bonds is 4. The van der Waals surface area contributed by atoms with E-state index in [2.05, 4.69) is 0 Å². The van der Waals surface area contributed by atoms with Crippen molar-refractivity contribution < 1.29 is 13.5 Å². The van der Waals surface area contributed by atoms with E-state index in [1.54, 1.807) is 0 Å². The molecule has 0 fully saturated rings. The van der Waals surface area contributed by atoms with Crippen LogP contribution in [0.4, 0.5) is 8.78 Å². The van der Waals surface area contributed by atoms with Crippen LogP contribution < -0.4 is 10.5 Å². The van der Waals surface area contributed by atoms with Crippen molar-refractivity contribution in [2.45, 2.75) is 13.0 Å². The summed E-state index contributed by atoms with van der Waals surface area (Å²) in [6, 6.07) is 10.6. The summed E-state index contributed by atoms with van der Waals surface area (Å²) in [6.45, 7) is 2.12. The van der Waals surface area contributed by atoms with E-state index in [1.165, 1.54) is 6.07 Å². The minimum Gasteiger partial charge on any atom is -0.489 e. The maximum Gasteiger partial charge on any atom is 0.167 e.